The second-order valence-corrected chi connectivity index (χ2v) is 8.63. The summed E-state index contributed by atoms with van der Waals surface area (Å²) in [6, 6.07) is 11.2. The van der Waals surface area contributed by atoms with Crippen LogP contribution in [-0.4, -0.2) is 36.7 Å². The van der Waals surface area contributed by atoms with Gasteiger partial charge in [-0.2, -0.15) is 0 Å². The molecule has 1 amide bonds. The normalized spacial score (nSPS) is 12.7. The van der Waals surface area contributed by atoms with E-state index < -0.39 is 15.3 Å². The van der Waals surface area contributed by atoms with E-state index in [9.17, 15) is 13.2 Å². The summed E-state index contributed by atoms with van der Waals surface area (Å²) in [5, 5.41) is 7.98. The summed E-state index contributed by atoms with van der Waals surface area (Å²) >= 11 is 1.28. The number of H-pyrrole nitrogens is 1. The van der Waals surface area contributed by atoms with Crippen molar-refractivity contribution in [1.82, 2.24) is 9.97 Å². The van der Waals surface area contributed by atoms with Crippen LogP contribution in [-0.2, 0) is 14.8 Å². The van der Waals surface area contributed by atoms with Crippen molar-refractivity contribution in [2.24, 2.45) is 5.14 Å². The molecule has 0 bridgehead atoms. The van der Waals surface area contributed by atoms with Crippen molar-refractivity contribution in [3.05, 3.63) is 42.5 Å². The number of methoxy groups -OCH3 is 1. The number of nitrogens with zero attached hydrogens (tertiary/aromatic N) is 1. The third-order valence-corrected chi connectivity index (χ3v) is 5.69. The molecule has 1 heterocycles. The van der Waals surface area contributed by atoms with Gasteiger partial charge in [0.05, 0.1) is 28.3 Å². The Bertz CT molecular complexity index is 1080. The van der Waals surface area contributed by atoms with E-state index in [1.807, 2.05) is 18.2 Å². The number of sulfonamides is 1. The summed E-state index contributed by atoms with van der Waals surface area (Å²) in [6.45, 7) is 1.76. The average Bonchev–Trinajstić information content (AvgIpc) is 3.02. The Kier molecular flexibility index (Phi) is 5.40. The van der Waals surface area contributed by atoms with Gasteiger partial charge in [0.15, 0.2) is 5.16 Å². The number of amides is 1. The van der Waals surface area contributed by atoms with E-state index >= 15 is 0 Å². The molecule has 1 aromatic heterocycles. The van der Waals surface area contributed by atoms with Crippen molar-refractivity contribution < 1.29 is 17.9 Å². The molecular formula is C17H18N4O4S2. The summed E-state index contributed by atoms with van der Waals surface area (Å²) < 4.78 is 27.7. The number of aromatic amines is 1. The quantitative estimate of drug-likeness (QED) is 0.539. The van der Waals surface area contributed by atoms with Crippen LogP contribution in [0.5, 0.6) is 5.75 Å². The van der Waals surface area contributed by atoms with Gasteiger partial charge < -0.3 is 15.0 Å². The number of aromatic nitrogens is 2. The minimum atomic E-state index is -3.76. The van der Waals surface area contributed by atoms with E-state index in [1.54, 1.807) is 14.0 Å². The van der Waals surface area contributed by atoms with Gasteiger partial charge in [0.2, 0.25) is 15.9 Å². The Morgan fingerprint density at radius 3 is 2.59 bits per heavy atom. The van der Waals surface area contributed by atoms with Crippen LogP contribution in [0.3, 0.4) is 0 Å². The molecule has 0 radical (unpaired) electrons. The molecule has 0 fully saturated rings. The highest BCUT2D eigenvalue weighted by Gasteiger charge is 2.17. The van der Waals surface area contributed by atoms with Gasteiger partial charge in [-0.3, -0.25) is 4.79 Å². The Morgan fingerprint density at radius 2 is 1.96 bits per heavy atom. The first kappa shape index (κ1) is 19.2. The van der Waals surface area contributed by atoms with E-state index in [0.29, 0.717) is 10.8 Å². The average molecular weight is 406 g/mol. The molecule has 1 atom stereocenters. The molecule has 2 aromatic carbocycles. The van der Waals surface area contributed by atoms with Crippen molar-refractivity contribution >= 4 is 44.4 Å². The fourth-order valence-electron chi connectivity index (χ4n) is 2.34. The number of primary sulfonamides is 1. The van der Waals surface area contributed by atoms with Gasteiger partial charge in [0.1, 0.15) is 5.75 Å². The fraction of sp³-hybridized carbons (Fsp3) is 0.176. The minimum Gasteiger partial charge on any atom is -0.497 e. The Labute approximate surface area is 160 Å². The van der Waals surface area contributed by atoms with Gasteiger partial charge in [-0.25, -0.2) is 18.5 Å². The summed E-state index contributed by atoms with van der Waals surface area (Å²) in [5.74, 6) is 0.484. The predicted molar refractivity (Wildman–Crippen MR) is 104 cm³/mol. The van der Waals surface area contributed by atoms with Gasteiger partial charge in [0, 0.05) is 11.8 Å². The molecule has 3 aromatic rings. The number of carbonyl (C=O) groups excluding carboxylic acids is 1. The number of nitrogens with two attached hydrogens (primary N) is 1. The SMILES string of the molecule is COc1ccc2nc(SC(C)C(=O)Nc3ccc(S(N)(=O)=O)cc3)[nH]c2c1. The van der Waals surface area contributed by atoms with Gasteiger partial charge >= 0.3 is 0 Å². The summed E-state index contributed by atoms with van der Waals surface area (Å²) in [7, 11) is -2.17. The van der Waals surface area contributed by atoms with E-state index in [2.05, 4.69) is 15.3 Å². The second-order valence-electron chi connectivity index (χ2n) is 5.74. The topological polar surface area (TPSA) is 127 Å². The number of nitrogens with one attached hydrogen (secondary N) is 2. The van der Waals surface area contributed by atoms with Gasteiger partial charge in [-0.1, -0.05) is 11.8 Å². The molecule has 0 saturated heterocycles. The molecule has 142 valence electrons. The number of thioether (sulfide) groups is 1. The summed E-state index contributed by atoms with van der Waals surface area (Å²) in [6.07, 6.45) is 0. The van der Waals surface area contributed by atoms with E-state index in [0.717, 1.165) is 16.8 Å². The molecule has 27 heavy (non-hydrogen) atoms. The van der Waals surface area contributed by atoms with E-state index in [1.165, 1.54) is 36.0 Å². The highest BCUT2D eigenvalue weighted by atomic mass is 32.2. The van der Waals surface area contributed by atoms with Crippen molar-refractivity contribution in [2.75, 3.05) is 12.4 Å². The zero-order chi connectivity index (χ0) is 19.6. The van der Waals surface area contributed by atoms with Crippen LogP contribution in [0.25, 0.3) is 11.0 Å². The highest BCUT2D eigenvalue weighted by Crippen LogP contribution is 2.26. The zero-order valence-corrected chi connectivity index (χ0v) is 16.2. The molecule has 0 aliphatic rings. The van der Waals surface area contributed by atoms with Crippen LogP contribution >= 0.6 is 11.8 Å². The number of hydrogen-bond donors (Lipinski definition) is 3. The lowest BCUT2D eigenvalue weighted by Gasteiger charge is -2.10. The molecule has 4 N–H and O–H groups in total. The van der Waals surface area contributed by atoms with Crippen LogP contribution in [0.1, 0.15) is 6.92 Å². The molecule has 1 unspecified atom stereocenters. The van der Waals surface area contributed by atoms with Crippen LogP contribution in [0.4, 0.5) is 5.69 Å². The molecular weight excluding hydrogens is 388 g/mol. The lowest BCUT2D eigenvalue weighted by atomic mass is 10.3. The number of ether oxygens (including phenoxy) is 1. The maximum absolute atomic E-state index is 12.4. The number of carbonyl (C=O) groups is 1. The van der Waals surface area contributed by atoms with Crippen LogP contribution in [0.15, 0.2) is 52.5 Å². The lowest BCUT2D eigenvalue weighted by molar-refractivity contribution is -0.115. The monoisotopic (exact) mass is 406 g/mol. The standard InChI is InChI=1S/C17H18N4O4S2/c1-10(16(22)19-11-3-6-13(7-4-11)27(18,23)24)26-17-20-14-8-5-12(25-2)9-15(14)21-17/h3-10H,1-2H3,(H,19,22)(H,20,21)(H2,18,23,24). The molecule has 10 heteroatoms. The van der Waals surface area contributed by atoms with Crippen molar-refractivity contribution in [1.29, 1.82) is 0 Å². The van der Waals surface area contributed by atoms with Crippen molar-refractivity contribution in [3.8, 4) is 5.75 Å². The van der Waals surface area contributed by atoms with Gasteiger partial charge in [0.25, 0.3) is 0 Å². The maximum atomic E-state index is 12.4. The Balaban J connectivity index is 1.67. The first-order valence-corrected chi connectivity index (χ1v) is 10.3. The second kappa shape index (κ2) is 7.59. The molecule has 0 aliphatic carbocycles. The Morgan fingerprint density at radius 1 is 1.26 bits per heavy atom. The van der Waals surface area contributed by atoms with E-state index in [-0.39, 0.29) is 10.8 Å². The Hall–Kier alpha value is -2.56. The molecule has 0 spiro atoms. The number of benzene rings is 2. The van der Waals surface area contributed by atoms with Gasteiger partial charge in [-0.15, -0.1) is 0 Å². The lowest BCUT2D eigenvalue weighted by Crippen LogP contribution is -2.22. The molecule has 3 rings (SSSR count). The molecule has 8 nitrogen and oxygen atoms in total. The highest BCUT2D eigenvalue weighted by molar-refractivity contribution is 8.00. The summed E-state index contributed by atoms with van der Waals surface area (Å²) in [4.78, 5) is 20.0. The number of rotatable bonds is 6. The third kappa shape index (κ3) is 4.59. The van der Waals surface area contributed by atoms with Crippen LogP contribution < -0.4 is 15.2 Å². The number of imidazole rings is 1. The predicted octanol–water partition coefficient (Wildman–Crippen LogP) is 2.34. The first-order valence-electron chi connectivity index (χ1n) is 7.90. The van der Waals surface area contributed by atoms with Crippen LogP contribution in [0, 0.1) is 0 Å². The van der Waals surface area contributed by atoms with Crippen molar-refractivity contribution in [3.63, 3.8) is 0 Å². The third-order valence-electron chi connectivity index (χ3n) is 3.78. The fourth-order valence-corrected chi connectivity index (χ4v) is 3.68. The molecule has 0 aliphatic heterocycles. The van der Waals surface area contributed by atoms with Gasteiger partial charge in [-0.05, 0) is 43.3 Å². The smallest absolute Gasteiger partial charge is 0.238 e. The zero-order valence-electron chi connectivity index (χ0n) is 14.6. The molecule has 0 saturated carbocycles. The number of hydrogen-bond acceptors (Lipinski definition) is 6. The van der Waals surface area contributed by atoms with E-state index in [4.69, 9.17) is 9.88 Å². The van der Waals surface area contributed by atoms with Crippen molar-refractivity contribution in [2.45, 2.75) is 22.2 Å². The van der Waals surface area contributed by atoms with Crippen LogP contribution in [0.2, 0.25) is 0 Å². The summed E-state index contributed by atoms with van der Waals surface area (Å²) in [5.41, 5.74) is 2.08. The maximum Gasteiger partial charge on any atom is 0.238 e. The minimum absolute atomic E-state index is 0.0133. The largest absolute Gasteiger partial charge is 0.497 e. The first-order chi connectivity index (χ1) is 12.8. The number of fused-ring (bicyclic) bond motifs is 1. The number of anilines is 1.